The van der Waals surface area contributed by atoms with Crippen LogP contribution in [0.15, 0.2) is 33.9 Å². The summed E-state index contributed by atoms with van der Waals surface area (Å²) in [6.45, 7) is 2.25. The third-order valence-corrected chi connectivity index (χ3v) is 7.26. The number of nitrogen functional groups attached to an aromatic ring is 1. The van der Waals surface area contributed by atoms with Crippen molar-refractivity contribution in [3.8, 4) is 5.75 Å². The molecule has 4 aromatic rings. The third-order valence-electron chi connectivity index (χ3n) is 5.26. The molecule has 0 saturated heterocycles. The van der Waals surface area contributed by atoms with E-state index in [-0.39, 0.29) is 6.61 Å². The van der Waals surface area contributed by atoms with Crippen LogP contribution in [0.4, 0.5) is 5.82 Å². The van der Waals surface area contributed by atoms with Gasteiger partial charge in [-0.25, -0.2) is 9.97 Å². The van der Waals surface area contributed by atoms with Crippen LogP contribution in [-0.2, 0) is 25.2 Å². The number of hydrogen-bond acceptors (Lipinski definition) is 9. The Morgan fingerprint density at radius 1 is 1.16 bits per heavy atom. The fraction of sp³-hybridized carbons (Fsp3) is 0.364. The van der Waals surface area contributed by atoms with Gasteiger partial charge < -0.3 is 14.9 Å². The lowest BCUT2D eigenvalue weighted by atomic mass is 10.1. The average Bonchev–Trinajstić information content (AvgIpc) is 3.28. The van der Waals surface area contributed by atoms with Crippen molar-refractivity contribution in [2.75, 3.05) is 5.73 Å². The Morgan fingerprint density at radius 2 is 2.06 bits per heavy atom. The van der Waals surface area contributed by atoms with Crippen molar-refractivity contribution < 1.29 is 9.15 Å². The quantitative estimate of drug-likeness (QED) is 0.318. The van der Waals surface area contributed by atoms with Gasteiger partial charge in [0, 0.05) is 4.88 Å². The molecule has 9 heteroatoms. The Hall–Kier alpha value is -2.65. The lowest BCUT2D eigenvalue weighted by molar-refractivity contribution is 0.252. The molecule has 0 radical (unpaired) electrons. The SMILES string of the molecule is Cc1cccc(OCc2nnc(SCc3nc(N)c4c5c(sc4n3)CCCCC5)o2)c1. The molecule has 2 N–H and O–H groups in total. The molecule has 0 aliphatic heterocycles. The number of hydrogen-bond donors (Lipinski definition) is 1. The predicted molar refractivity (Wildman–Crippen MR) is 122 cm³/mol. The highest BCUT2D eigenvalue weighted by molar-refractivity contribution is 7.98. The minimum absolute atomic E-state index is 0.229. The first-order valence-electron chi connectivity index (χ1n) is 10.4. The minimum atomic E-state index is 0.229. The van der Waals surface area contributed by atoms with E-state index in [1.165, 1.54) is 41.5 Å². The van der Waals surface area contributed by atoms with E-state index < -0.39 is 0 Å². The monoisotopic (exact) mass is 453 g/mol. The van der Waals surface area contributed by atoms with Gasteiger partial charge in [0.25, 0.3) is 11.1 Å². The van der Waals surface area contributed by atoms with Gasteiger partial charge in [0.2, 0.25) is 0 Å². The second-order valence-electron chi connectivity index (χ2n) is 7.63. The molecule has 1 aromatic carbocycles. The smallest absolute Gasteiger partial charge is 0.277 e. The van der Waals surface area contributed by atoms with E-state index in [9.17, 15) is 0 Å². The summed E-state index contributed by atoms with van der Waals surface area (Å²) in [4.78, 5) is 11.7. The largest absolute Gasteiger partial charge is 0.484 e. The molecule has 160 valence electrons. The van der Waals surface area contributed by atoms with E-state index >= 15 is 0 Å². The van der Waals surface area contributed by atoms with Crippen LogP contribution in [0.3, 0.4) is 0 Å². The van der Waals surface area contributed by atoms with Gasteiger partial charge in [-0.05, 0) is 55.9 Å². The summed E-state index contributed by atoms with van der Waals surface area (Å²) in [6.07, 6.45) is 5.92. The number of aryl methyl sites for hydroxylation is 3. The summed E-state index contributed by atoms with van der Waals surface area (Å²) in [5, 5.41) is 9.68. The molecule has 0 atom stereocenters. The Balaban J connectivity index is 1.25. The summed E-state index contributed by atoms with van der Waals surface area (Å²) < 4.78 is 11.4. The first-order valence-corrected chi connectivity index (χ1v) is 12.2. The van der Waals surface area contributed by atoms with E-state index in [0.717, 1.165) is 34.4 Å². The number of aromatic nitrogens is 4. The van der Waals surface area contributed by atoms with Crippen molar-refractivity contribution in [1.82, 2.24) is 20.2 Å². The lowest BCUT2D eigenvalue weighted by Gasteiger charge is -2.04. The number of thioether (sulfide) groups is 1. The van der Waals surface area contributed by atoms with E-state index in [4.69, 9.17) is 19.9 Å². The zero-order chi connectivity index (χ0) is 21.2. The van der Waals surface area contributed by atoms with E-state index in [0.29, 0.717) is 28.5 Å². The molecule has 0 bridgehead atoms. The second kappa shape index (κ2) is 8.84. The third kappa shape index (κ3) is 4.52. The van der Waals surface area contributed by atoms with Crippen LogP contribution in [-0.4, -0.2) is 20.2 Å². The van der Waals surface area contributed by atoms with Crippen LogP contribution >= 0.6 is 23.1 Å². The van der Waals surface area contributed by atoms with Gasteiger partial charge in [0.05, 0.1) is 11.1 Å². The molecule has 0 unspecified atom stereocenters. The molecule has 3 aromatic heterocycles. The van der Waals surface area contributed by atoms with Gasteiger partial charge >= 0.3 is 0 Å². The standard InChI is InChI=1S/C22H23N5O2S2/c1-13-6-5-7-14(10-13)28-11-18-26-27-22(29-18)30-12-17-24-20(23)19-15-8-3-2-4-9-16(15)31-21(19)25-17/h5-7,10H,2-4,8-9,11-12H2,1H3,(H2,23,24,25). The fourth-order valence-corrected chi connectivity index (χ4v) is 5.73. The van der Waals surface area contributed by atoms with E-state index in [2.05, 4.69) is 15.2 Å². The van der Waals surface area contributed by atoms with Crippen molar-refractivity contribution in [2.45, 2.75) is 56.6 Å². The number of nitrogens with zero attached hydrogens (tertiary/aromatic N) is 4. The Kier molecular flexibility index (Phi) is 5.78. The van der Waals surface area contributed by atoms with Crippen molar-refractivity contribution in [1.29, 1.82) is 0 Å². The molecule has 1 aliphatic carbocycles. The number of anilines is 1. The van der Waals surface area contributed by atoms with Crippen molar-refractivity contribution in [3.05, 3.63) is 52.0 Å². The molecule has 31 heavy (non-hydrogen) atoms. The van der Waals surface area contributed by atoms with Gasteiger partial charge in [-0.3, -0.25) is 0 Å². The molecule has 0 fully saturated rings. The summed E-state index contributed by atoms with van der Waals surface area (Å²) in [5.41, 5.74) is 8.84. The van der Waals surface area contributed by atoms with Gasteiger partial charge in [0.15, 0.2) is 6.61 Å². The number of fused-ring (bicyclic) bond motifs is 3. The zero-order valence-corrected chi connectivity index (χ0v) is 18.9. The number of nitrogens with two attached hydrogens (primary N) is 1. The second-order valence-corrected chi connectivity index (χ2v) is 9.64. The highest BCUT2D eigenvalue weighted by Gasteiger charge is 2.19. The van der Waals surface area contributed by atoms with Crippen molar-refractivity contribution in [2.24, 2.45) is 0 Å². The van der Waals surface area contributed by atoms with Crippen LogP contribution in [0.2, 0.25) is 0 Å². The summed E-state index contributed by atoms with van der Waals surface area (Å²) in [5.74, 6) is 2.99. The Bertz CT molecular complexity index is 1220. The maximum Gasteiger partial charge on any atom is 0.277 e. The highest BCUT2D eigenvalue weighted by Crippen LogP contribution is 2.37. The first kappa shape index (κ1) is 20.3. The number of thiophene rings is 1. The summed E-state index contributed by atoms with van der Waals surface area (Å²) in [6, 6.07) is 7.84. The minimum Gasteiger partial charge on any atom is -0.484 e. The predicted octanol–water partition coefficient (Wildman–Crippen LogP) is 5.11. The first-order chi connectivity index (χ1) is 15.2. The summed E-state index contributed by atoms with van der Waals surface area (Å²) >= 11 is 3.17. The van der Waals surface area contributed by atoms with Gasteiger partial charge in [0.1, 0.15) is 22.2 Å². The normalized spacial score (nSPS) is 13.8. The van der Waals surface area contributed by atoms with Crippen LogP contribution in [0.5, 0.6) is 5.75 Å². The molecule has 0 amide bonds. The zero-order valence-electron chi connectivity index (χ0n) is 17.3. The number of ether oxygens (including phenoxy) is 1. The van der Waals surface area contributed by atoms with Gasteiger partial charge in [-0.15, -0.1) is 21.5 Å². The molecule has 3 heterocycles. The topological polar surface area (TPSA) is 100.0 Å². The molecular formula is C22H23N5O2S2. The van der Waals surface area contributed by atoms with Crippen LogP contribution in [0.1, 0.15) is 47.0 Å². The van der Waals surface area contributed by atoms with E-state index in [1.807, 2.05) is 31.2 Å². The Labute approximate surface area is 188 Å². The number of benzene rings is 1. The van der Waals surface area contributed by atoms with Crippen LogP contribution < -0.4 is 10.5 Å². The summed E-state index contributed by atoms with van der Waals surface area (Å²) in [7, 11) is 0. The lowest BCUT2D eigenvalue weighted by Crippen LogP contribution is -2.00. The maximum atomic E-state index is 6.33. The van der Waals surface area contributed by atoms with Gasteiger partial charge in [-0.2, -0.15) is 0 Å². The molecule has 1 aliphatic rings. The average molecular weight is 454 g/mol. The maximum absolute atomic E-state index is 6.33. The molecule has 0 spiro atoms. The van der Waals surface area contributed by atoms with Crippen molar-refractivity contribution in [3.63, 3.8) is 0 Å². The van der Waals surface area contributed by atoms with Crippen LogP contribution in [0.25, 0.3) is 10.2 Å². The fourth-order valence-electron chi connectivity index (χ4n) is 3.80. The van der Waals surface area contributed by atoms with Crippen molar-refractivity contribution >= 4 is 39.1 Å². The molecular weight excluding hydrogens is 430 g/mol. The highest BCUT2D eigenvalue weighted by atomic mass is 32.2. The molecule has 7 nitrogen and oxygen atoms in total. The van der Waals surface area contributed by atoms with E-state index in [1.54, 1.807) is 11.3 Å². The molecule has 0 saturated carbocycles. The molecule has 5 rings (SSSR count). The number of rotatable bonds is 6. The van der Waals surface area contributed by atoms with Crippen LogP contribution in [0, 0.1) is 6.92 Å². The van der Waals surface area contributed by atoms with Gasteiger partial charge in [-0.1, -0.05) is 30.3 Å². The Morgan fingerprint density at radius 3 is 2.97 bits per heavy atom.